The van der Waals surface area contributed by atoms with Crippen molar-refractivity contribution in [2.75, 3.05) is 0 Å². The lowest BCUT2D eigenvalue weighted by Gasteiger charge is -2.09. The molecule has 1 aromatic heterocycles. The molecule has 0 radical (unpaired) electrons. The summed E-state index contributed by atoms with van der Waals surface area (Å²) < 4.78 is 7.14. The fourth-order valence-electron chi connectivity index (χ4n) is 3.27. The van der Waals surface area contributed by atoms with Gasteiger partial charge >= 0.3 is 0 Å². The number of hydrogen-bond donors (Lipinski definition) is 1. The molecule has 1 heterocycles. The van der Waals surface area contributed by atoms with E-state index in [0.717, 1.165) is 17.7 Å². The molecule has 0 bridgehead atoms. The van der Waals surface area contributed by atoms with Crippen molar-refractivity contribution in [1.29, 1.82) is 0 Å². The van der Waals surface area contributed by atoms with Gasteiger partial charge in [0.05, 0.1) is 11.6 Å². The van der Waals surface area contributed by atoms with Crippen molar-refractivity contribution in [3.63, 3.8) is 0 Å². The van der Waals surface area contributed by atoms with E-state index in [-0.39, 0.29) is 11.3 Å². The van der Waals surface area contributed by atoms with E-state index in [9.17, 15) is 9.59 Å². The number of carbonyl (C=O) groups is 1. The number of benzene rings is 3. The first-order valence-electron chi connectivity index (χ1n) is 10.3. The molecular weight excluding hydrogens is 404 g/mol. The Balaban J connectivity index is 1.53. The number of carbonyl (C=O) groups excluding carboxylic acids is 1. The summed E-state index contributed by atoms with van der Waals surface area (Å²) in [6.07, 6.45) is 2.26. The molecule has 0 aliphatic heterocycles. The van der Waals surface area contributed by atoms with Crippen molar-refractivity contribution in [3.05, 3.63) is 100 Å². The number of para-hydroxylation sites is 1. The Morgan fingerprint density at radius 2 is 1.72 bits per heavy atom. The number of nitrogens with zero attached hydrogens (tertiary/aromatic N) is 3. The molecule has 0 atom stereocenters. The number of hydrogen-bond acceptors (Lipinski definition) is 5. The highest BCUT2D eigenvalue weighted by molar-refractivity contribution is 6.04. The summed E-state index contributed by atoms with van der Waals surface area (Å²) in [6, 6.07) is 23.8. The number of aromatic nitrogens is 2. The first kappa shape index (κ1) is 21.0. The fraction of sp³-hybridized carbons (Fsp3) is 0.120. The Labute approximate surface area is 185 Å². The number of hydrazone groups is 1. The predicted molar refractivity (Wildman–Crippen MR) is 124 cm³/mol. The number of fused-ring (bicyclic) bond motifs is 1. The van der Waals surface area contributed by atoms with Crippen LogP contribution in [0.25, 0.3) is 10.8 Å². The molecule has 0 aliphatic carbocycles. The van der Waals surface area contributed by atoms with Gasteiger partial charge in [-0.05, 0) is 42.3 Å². The van der Waals surface area contributed by atoms with E-state index in [1.165, 1.54) is 10.9 Å². The Bertz CT molecular complexity index is 1330. The maximum atomic E-state index is 12.8. The van der Waals surface area contributed by atoms with Crippen LogP contribution in [0.4, 0.5) is 0 Å². The highest BCUT2D eigenvalue weighted by Gasteiger charge is 2.16. The molecular formula is C25H22N4O3. The quantitative estimate of drug-likeness (QED) is 0.351. The maximum absolute atomic E-state index is 12.8. The molecule has 160 valence electrons. The predicted octanol–water partition coefficient (Wildman–Crippen LogP) is 4.36. The van der Waals surface area contributed by atoms with E-state index in [2.05, 4.69) is 15.6 Å². The first-order valence-corrected chi connectivity index (χ1v) is 10.3. The zero-order chi connectivity index (χ0) is 22.3. The molecule has 7 nitrogen and oxygen atoms in total. The second-order valence-electron chi connectivity index (χ2n) is 7.11. The van der Waals surface area contributed by atoms with Crippen LogP contribution in [-0.2, 0) is 6.54 Å². The fourth-order valence-corrected chi connectivity index (χ4v) is 3.27. The molecule has 0 aliphatic rings. The SMILES string of the molecule is CCCn1nc(C(=O)N/N=C/c2cccc(Oc3ccccc3)c2)c2ccccc2c1=O. The third-order valence-corrected chi connectivity index (χ3v) is 4.73. The highest BCUT2D eigenvalue weighted by Crippen LogP contribution is 2.21. The number of amides is 1. The Hall–Kier alpha value is -4.26. The molecule has 0 saturated carbocycles. The first-order chi connectivity index (χ1) is 15.7. The number of rotatable bonds is 7. The molecule has 1 amide bonds. The molecule has 1 N–H and O–H groups in total. The largest absolute Gasteiger partial charge is 0.457 e. The van der Waals surface area contributed by atoms with Crippen LogP contribution >= 0.6 is 0 Å². The number of nitrogens with one attached hydrogen (secondary N) is 1. The van der Waals surface area contributed by atoms with E-state index < -0.39 is 5.91 Å². The van der Waals surface area contributed by atoms with E-state index >= 15 is 0 Å². The third kappa shape index (κ3) is 4.73. The Kier molecular flexibility index (Phi) is 6.36. The molecule has 7 heteroatoms. The van der Waals surface area contributed by atoms with Crippen LogP contribution in [0.1, 0.15) is 29.4 Å². The molecule has 0 spiro atoms. The standard InChI is InChI=1S/C25H22N4O3/c1-2-15-29-25(31)22-14-7-6-13-21(22)23(28-29)24(30)27-26-17-18-9-8-12-20(16-18)32-19-10-4-3-5-11-19/h3-14,16-17H,2,15H2,1H3,(H,27,30)/b26-17+. The summed E-state index contributed by atoms with van der Waals surface area (Å²) in [4.78, 5) is 25.4. The van der Waals surface area contributed by atoms with Gasteiger partial charge in [-0.2, -0.15) is 10.2 Å². The van der Waals surface area contributed by atoms with Crippen LogP contribution < -0.4 is 15.7 Å². The van der Waals surface area contributed by atoms with Crippen molar-refractivity contribution in [2.24, 2.45) is 5.10 Å². The van der Waals surface area contributed by atoms with E-state index in [0.29, 0.717) is 23.1 Å². The number of aryl methyl sites for hydroxylation is 1. The zero-order valence-corrected chi connectivity index (χ0v) is 17.6. The van der Waals surface area contributed by atoms with Crippen molar-refractivity contribution in [2.45, 2.75) is 19.9 Å². The van der Waals surface area contributed by atoms with Crippen molar-refractivity contribution < 1.29 is 9.53 Å². The monoisotopic (exact) mass is 426 g/mol. The zero-order valence-electron chi connectivity index (χ0n) is 17.6. The summed E-state index contributed by atoms with van der Waals surface area (Å²) in [7, 11) is 0. The number of ether oxygens (including phenoxy) is 1. The Morgan fingerprint density at radius 3 is 2.50 bits per heavy atom. The summed E-state index contributed by atoms with van der Waals surface area (Å²) in [5.41, 5.74) is 3.22. The van der Waals surface area contributed by atoms with Gasteiger partial charge in [-0.3, -0.25) is 9.59 Å². The van der Waals surface area contributed by atoms with Crippen LogP contribution in [0, 0.1) is 0 Å². The van der Waals surface area contributed by atoms with Crippen LogP contribution in [-0.4, -0.2) is 21.9 Å². The lowest BCUT2D eigenvalue weighted by molar-refractivity contribution is 0.0949. The van der Waals surface area contributed by atoms with E-state index in [1.807, 2.05) is 61.5 Å². The van der Waals surface area contributed by atoms with Crippen LogP contribution in [0.5, 0.6) is 11.5 Å². The lowest BCUT2D eigenvalue weighted by atomic mass is 10.1. The van der Waals surface area contributed by atoms with Gasteiger partial charge in [-0.15, -0.1) is 0 Å². The maximum Gasteiger partial charge on any atom is 0.292 e. The summed E-state index contributed by atoms with van der Waals surface area (Å²) in [6.45, 7) is 2.38. The van der Waals surface area contributed by atoms with Gasteiger partial charge in [0, 0.05) is 11.9 Å². The van der Waals surface area contributed by atoms with Crippen molar-refractivity contribution in [1.82, 2.24) is 15.2 Å². The lowest BCUT2D eigenvalue weighted by Crippen LogP contribution is -2.29. The minimum atomic E-state index is -0.487. The van der Waals surface area contributed by atoms with Gasteiger partial charge in [0.2, 0.25) is 0 Å². The summed E-state index contributed by atoms with van der Waals surface area (Å²) in [5, 5.41) is 9.29. The second-order valence-corrected chi connectivity index (χ2v) is 7.11. The molecule has 3 aromatic carbocycles. The molecule has 0 fully saturated rings. The molecule has 0 saturated heterocycles. The molecule has 4 aromatic rings. The molecule has 4 rings (SSSR count). The van der Waals surface area contributed by atoms with Gasteiger partial charge in [0.25, 0.3) is 11.5 Å². The van der Waals surface area contributed by atoms with E-state index in [1.54, 1.807) is 24.3 Å². The van der Waals surface area contributed by atoms with Crippen LogP contribution in [0.2, 0.25) is 0 Å². The van der Waals surface area contributed by atoms with Crippen LogP contribution in [0.3, 0.4) is 0 Å². The minimum Gasteiger partial charge on any atom is -0.457 e. The summed E-state index contributed by atoms with van der Waals surface area (Å²) in [5.74, 6) is 0.903. The van der Waals surface area contributed by atoms with E-state index in [4.69, 9.17) is 4.74 Å². The normalized spacial score (nSPS) is 11.0. The van der Waals surface area contributed by atoms with Gasteiger partial charge in [0.15, 0.2) is 5.69 Å². The van der Waals surface area contributed by atoms with Crippen molar-refractivity contribution in [3.8, 4) is 11.5 Å². The molecule has 0 unspecified atom stereocenters. The topological polar surface area (TPSA) is 85.6 Å². The highest BCUT2D eigenvalue weighted by atomic mass is 16.5. The minimum absolute atomic E-state index is 0.159. The van der Waals surface area contributed by atoms with Crippen molar-refractivity contribution >= 4 is 22.9 Å². The van der Waals surface area contributed by atoms with Crippen LogP contribution in [0.15, 0.2) is 88.8 Å². The molecule has 32 heavy (non-hydrogen) atoms. The van der Waals surface area contributed by atoms with Gasteiger partial charge in [-0.25, -0.2) is 10.1 Å². The Morgan fingerprint density at radius 1 is 1.00 bits per heavy atom. The smallest absolute Gasteiger partial charge is 0.292 e. The summed E-state index contributed by atoms with van der Waals surface area (Å²) >= 11 is 0. The average Bonchev–Trinajstić information content (AvgIpc) is 2.82. The van der Waals surface area contributed by atoms with Gasteiger partial charge in [0.1, 0.15) is 11.5 Å². The second kappa shape index (κ2) is 9.70. The average molecular weight is 426 g/mol. The van der Waals surface area contributed by atoms with Gasteiger partial charge < -0.3 is 4.74 Å². The van der Waals surface area contributed by atoms with Gasteiger partial charge in [-0.1, -0.05) is 55.5 Å². The third-order valence-electron chi connectivity index (χ3n) is 4.73.